The molecule has 7 nitrogen and oxygen atoms in total. The Kier molecular flexibility index (Phi) is 9.51. The van der Waals surface area contributed by atoms with E-state index in [1.165, 1.54) is 18.4 Å². The van der Waals surface area contributed by atoms with Crippen LogP contribution in [0.15, 0.2) is 47.5 Å². The van der Waals surface area contributed by atoms with Gasteiger partial charge in [-0.2, -0.15) is 0 Å². The van der Waals surface area contributed by atoms with Gasteiger partial charge in [0.2, 0.25) is 0 Å². The summed E-state index contributed by atoms with van der Waals surface area (Å²) >= 11 is 0. The number of methoxy groups -OCH3 is 3. The molecular weight excluding hydrogens is 495 g/mol. The molecule has 0 aliphatic carbocycles. The predicted octanol–water partition coefficient (Wildman–Crippen LogP) is 3.89. The minimum atomic E-state index is 0. The van der Waals surface area contributed by atoms with Crippen molar-refractivity contribution in [1.82, 2.24) is 4.90 Å². The summed E-state index contributed by atoms with van der Waals surface area (Å²) in [4.78, 5) is 7.09. The van der Waals surface area contributed by atoms with Gasteiger partial charge in [-0.15, -0.1) is 24.0 Å². The van der Waals surface area contributed by atoms with Crippen molar-refractivity contribution in [2.24, 2.45) is 10.7 Å². The van der Waals surface area contributed by atoms with Gasteiger partial charge in [0.05, 0.1) is 39.6 Å². The maximum atomic E-state index is 6.20. The van der Waals surface area contributed by atoms with Gasteiger partial charge in [-0.1, -0.05) is 12.1 Å². The summed E-state index contributed by atoms with van der Waals surface area (Å²) in [5, 5.41) is 3.14. The molecule has 2 aromatic rings. The van der Waals surface area contributed by atoms with Gasteiger partial charge in [0.15, 0.2) is 5.96 Å². The fourth-order valence-corrected chi connectivity index (χ4v) is 3.59. The minimum Gasteiger partial charge on any atom is -0.497 e. The lowest BCUT2D eigenvalue weighted by Crippen LogP contribution is -2.30. The smallest absolute Gasteiger partial charge is 0.193 e. The number of rotatable bonds is 8. The molecule has 0 aromatic heterocycles. The second kappa shape index (κ2) is 11.8. The lowest BCUT2D eigenvalue weighted by atomic mass is 10.1. The summed E-state index contributed by atoms with van der Waals surface area (Å²) in [5.74, 6) is 2.59. The first-order chi connectivity index (χ1) is 14.1. The van der Waals surface area contributed by atoms with Crippen LogP contribution in [0, 0.1) is 0 Å². The number of aliphatic imine (C=N–C) groups is 1. The van der Waals surface area contributed by atoms with E-state index in [4.69, 9.17) is 19.9 Å². The van der Waals surface area contributed by atoms with E-state index >= 15 is 0 Å². The van der Waals surface area contributed by atoms with E-state index in [9.17, 15) is 0 Å². The van der Waals surface area contributed by atoms with Crippen LogP contribution >= 0.6 is 24.0 Å². The van der Waals surface area contributed by atoms with Gasteiger partial charge in [0, 0.05) is 6.07 Å². The standard InChI is InChI=1S/C22H30N4O3.HI/c1-27-17-8-6-16(7-9-17)20(26-12-4-5-13-26)15-24-22(23)25-19-14-18(28-2)10-11-21(19)29-3;/h6-11,14,20H,4-5,12-13,15H2,1-3H3,(H3,23,24,25);1H. The SMILES string of the molecule is COc1ccc(C(CN=C(N)Nc2cc(OC)ccc2OC)N2CCCC2)cc1.I. The maximum absolute atomic E-state index is 6.20. The van der Waals surface area contributed by atoms with Gasteiger partial charge in [-0.05, 0) is 55.8 Å². The molecule has 0 spiro atoms. The maximum Gasteiger partial charge on any atom is 0.193 e. The highest BCUT2D eigenvalue weighted by molar-refractivity contribution is 14.0. The number of guanidine groups is 1. The van der Waals surface area contributed by atoms with Crippen molar-refractivity contribution in [3.05, 3.63) is 48.0 Å². The Morgan fingerprint density at radius 2 is 1.63 bits per heavy atom. The van der Waals surface area contributed by atoms with Crippen LogP contribution in [0.5, 0.6) is 17.2 Å². The van der Waals surface area contributed by atoms with Crippen molar-refractivity contribution in [3.63, 3.8) is 0 Å². The van der Waals surface area contributed by atoms with Crippen LogP contribution in [0.25, 0.3) is 0 Å². The fourth-order valence-electron chi connectivity index (χ4n) is 3.59. The largest absolute Gasteiger partial charge is 0.497 e. The Labute approximate surface area is 195 Å². The first-order valence-corrected chi connectivity index (χ1v) is 9.81. The number of likely N-dealkylation sites (tertiary alicyclic amines) is 1. The minimum absolute atomic E-state index is 0. The molecule has 8 heteroatoms. The Hall–Kier alpha value is -2.20. The summed E-state index contributed by atoms with van der Waals surface area (Å²) in [6.07, 6.45) is 2.43. The second-order valence-electron chi connectivity index (χ2n) is 6.95. The van der Waals surface area contributed by atoms with Crippen LogP contribution in [0.1, 0.15) is 24.4 Å². The molecule has 0 bridgehead atoms. The van der Waals surface area contributed by atoms with Gasteiger partial charge >= 0.3 is 0 Å². The van der Waals surface area contributed by atoms with Crippen molar-refractivity contribution in [2.45, 2.75) is 18.9 Å². The van der Waals surface area contributed by atoms with E-state index in [1.807, 2.05) is 30.3 Å². The highest BCUT2D eigenvalue weighted by Gasteiger charge is 2.23. The fraction of sp³-hybridized carbons (Fsp3) is 0.409. The number of nitrogens with two attached hydrogens (primary N) is 1. The molecule has 3 rings (SSSR count). The molecule has 1 aliphatic heterocycles. The molecule has 0 saturated carbocycles. The van der Waals surface area contributed by atoms with Gasteiger partial charge in [-0.3, -0.25) is 9.89 Å². The molecule has 1 heterocycles. The Bertz CT molecular complexity index is 824. The van der Waals surface area contributed by atoms with Crippen LogP contribution in [0.4, 0.5) is 5.69 Å². The van der Waals surface area contributed by atoms with Crippen LogP contribution in [-0.2, 0) is 0 Å². The first-order valence-electron chi connectivity index (χ1n) is 9.81. The highest BCUT2D eigenvalue weighted by atomic mass is 127. The molecule has 164 valence electrons. The Morgan fingerprint density at radius 1 is 1.00 bits per heavy atom. The monoisotopic (exact) mass is 526 g/mol. The summed E-state index contributed by atoms with van der Waals surface area (Å²) in [5.41, 5.74) is 8.12. The number of anilines is 1. The van der Waals surface area contributed by atoms with Crippen LogP contribution in [0.3, 0.4) is 0 Å². The van der Waals surface area contributed by atoms with Gasteiger partial charge in [0.25, 0.3) is 0 Å². The predicted molar refractivity (Wildman–Crippen MR) is 132 cm³/mol. The average molecular weight is 526 g/mol. The van der Waals surface area contributed by atoms with Crippen molar-refractivity contribution in [3.8, 4) is 17.2 Å². The zero-order chi connectivity index (χ0) is 20.6. The summed E-state index contributed by atoms with van der Waals surface area (Å²) in [6.45, 7) is 2.71. The third-order valence-electron chi connectivity index (χ3n) is 5.19. The molecule has 1 saturated heterocycles. The van der Waals surface area contributed by atoms with E-state index in [0.717, 1.165) is 24.5 Å². The molecule has 1 aliphatic rings. The average Bonchev–Trinajstić information content (AvgIpc) is 3.29. The van der Waals surface area contributed by atoms with Crippen LogP contribution in [0.2, 0.25) is 0 Å². The van der Waals surface area contributed by atoms with Crippen molar-refractivity contribution >= 4 is 35.6 Å². The number of nitrogens with one attached hydrogen (secondary N) is 1. The zero-order valence-corrected chi connectivity index (χ0v) is 20.1. The zero-order valence-electron chi connectivity index (χ0n) is 17.8. The molecule has 30 heavy (non-hydrogen) atoms. The topological polar surface area (TPSA) is 81.3 Å². The number of nitrogens with zero attached hydrogens (tertiary/aromatic N) is 2. The lowest BCUT2D eigenvalue weighted by Gasteiger charge is -2.27. The van der Waals surface area contributed by atoms with Gasteiger partial charge in [0.1, 0.15) is 17.2 Å². The van der Waals surface area contributed by atoms with Crippen molar-refractivity contribution in [2.75, 3.05) is 46.3 Å². The lowest BCUT2D eigenvalue weighted by molar-refractivity contribution is 0.251. The quantitative estimate of drug-likeness (QED) is 0.309. The van der Waals surface area contributed by atoms with Crippen LogP contribution in [-0.4, -0.2) is 51.8 Å². The normalized spacial score (nSPS) is 15.2. The van der Waals surface area contributed by atoms with Gasteiger partial charge < -0.3 is 25.3 Å². The molecule has 1 atom stereocenters. The van der Waals surface area contributed by atoms with Crippen molar-refractivity contribution in [1.29, 1.82) is 0 Å². The third-order valence-corrected chi connectivity index (χ3v) is 5.19. The van der Waals surface area contributed by atoms with E-state index < -0.39 is 0 Å². The molecule has 1 fully saturated rings. The molecule has 1 unspecified atom stereocenters. The molecule has 0 radical (unpaired) electrons. The summed E-state index contributed by atoms with van der Waals surface area (Å²) in [7, 11) is 4.92. The number of ether oxygens (including phenoxy) is 3. The van der Waals surface area contributed by atoms with E-state index in [-0.39, 0.29) is 30.0 Å². The summed E-state index contributed by atoms with van der Waals surface area (Å²) < 4.78 is 16.0. The van der Waals surface area contributed by atoms with E-state index in [2.05, 4.69) is 27.3 Å². The van der Waals surface area contributed by atoms with Crippen molar-refractivity contribution < 1.29 is 14.2 Å². The van der Waals surface area contributed by atoms with E-state index in [1.54, 1.807) is 21.3 Å². The molecular formula is C22H31IN4O3. The summed E-state index contributed by atoms with van der Waals surface area (Å²) in [6, 6.07) is 13.9. The third kappa shape index (κ3) is 6.15. The number of benzene rings is 2. The Balaban J connectivity index is 0.00000320. The number of hydrogen-bond donors (Lipinski definition) is 2. The first kappa shape index (κ1) is 24.1. The van der Waals surface area contributed by atoms with Gasteiger partial charge in [-0.25, -0.2) is 0 Å². The molecule has 0 amide bonds. The number of hydrogen-bond acceptors (Lipinski definition) is 5. The van der Waals surface area contributed by atoms with Crippen LogP contribution < -0.4 is 25.3 Å². The second-order valence-corrected chi connectivity index (χ2v) is 6.95. The highest BCUT2D eigenvalue weighted by Crippen LogP contribution is 2.29. The molecule has 3 N–H and O–H groups in total. The van der Waals surface area contributed by atoms with E-state index in [0.29, 0.717) is 24.0 Å². The number of halogens is 1. The molecule has 2 aromatic carbocycles. The Morgan fingerprint density at radius 3 is 2.23 bits per heavy atom.